The van der Waals surface area contributed by atoms with Crippen molar-refractivity contribution in [3.63, 3.8) is 0 Å². The molecule has 0 aromatic rings. The molecule has 0 fully saturated rings. The van der Waals surface area contributed by atoms with Gasteiger partial charge in [-0.15, -0.1) is 24.0 Å². The summed E-state index contributed by atoms with van der Waals surface area (Å²) in [6.45, 7) is 0. The molecule has 0 saturated carbocycles. The van der Waals surface area contributed by atoms with Gasteiger partial charge < -0.3 is 0 Å². The Morgan fingerprint density at radius 1 is 1.75 bits per heavy atom. The van der Waals surface area contributed by atoms with Gasteiger partial charge in [-0.1, -0.05) is 0 Å². The number of thiocarbonyl (C=S) groups is 1. The molecule has 1 nitrogen and oxygen atoms in total. The molecule has 4 heavy (non-hydrogen) atoms. The topological polar surface area (TPSA) is 23.9 Å². The van der Waals surface area contributed by atoms with Crippen molar-refractivity contribution >= 4 is 41.4 Å². The normalized spacial score (nSPS) is 2.00. The van der Waals surface area contributed by atoms with E-state index in [9.17, 15) is 0 Å². The molecule has 0 spiro atoms. The van der Waals surface area contributed by atoms with Gasteiger partial charge in [0.1, 0.15) is 0 Å². The molecule has 24 valence electrons. The van der Waals surface area contributed by atoms with Crippen LogP contribution in [0.15, 0.2) is 0 Å². The van der Waals surface area contributed by atoms with Crippen LogP contribution in [-0.4, -0.2) is 5.16 Å². The second-order valence-corrected chi connectivity index (χ2v) is 0.306. The Kier molecular flexibility index (Phi) is 21.3. The number of hydrogen-bond donors (Lipinski definition) is 1. The first kappa shape index (κ1) is 8.82. The van der Waals surface area contributed by atoms with E-state index in [-0.39, 0.29) is 24.0 Å². The van der Waals surface area contributed by atoms with E-state index in [4.69, 9.17) is 5.41 Å². The van der Waals surface area contributed by atoms with E-state index in [0.29, 0.717) is 0 Å². The number of isothiocyanates is 1. The van der Waals surface area contributed by atoms with Crippen molar-refractivity contribution in [3.05, 3.63) is 0 Å². The quantitative estimate of drug-likeness (QED) is 0.344. The van der Waals surface area contributed by atoms with E-state index < -0.39 is 0 Å². The second kappa shape index (κ2) is 9.65. The molecule has 0 aromatic heterocycles. The number of nitrogens with one attached hydrogen (secondary N) is 1. The maximum Gasteiger partial charge on any atom is 0.0554 e. The summed E-state index contributed by atoms with van der Waals surface area (Å²) >= 11 is 3.81. The van der Waals surface area contributed by atoms with Gasteiger partial charge in [0, 0.05) is 0 Å². The minimum atomic E-state index is 0. The van der Waals surface area contributed by atoms with Crippen LogP contribution in [0.1, 0.15) is 0 Å². The molecule has 0 unspecified atom stereocenters. The molecule has 0 saturated heterocycles. The maximum absolute atomic E-state index is 5.77. The first-order chi connectivity index (χ1) is 1.41. The Morgan fingerprint density at radius 2 is 1.75 bits per heavy atom. The van der Waals surface area contributed by atoms with Gasteiger partial charge in [-0.3, -0.25) is 0 Å². The summed E-state index contributed by atoms with van der Waals surface area (Å²) in [6.07, 6.45) is 0. The molecule has 0 heterocycles. The van der Waals surface area contributed by atoms with E-state index in [2.05, 4.69) is 12.2 Å². The number of hydrogen-bond acceptors (Lipinski definition) is 2. The van der Waals surface area contributed by atoms with Gasteiger partial charge in [-0.25, -0.2) is 5.41 Å². The summed E-state index contributed by atoms with van der Waals surface area (Å²) in [5.74, 6) is 0. The molecule has 1 N–H and O–H groups in total. The number of rotatable bonds is 0. The lowest BCUT2D eigenvalue weighted by Gasteiger charge is -1.05. The van der Waals surface area contributed by atoms with Gasteiger partial charge in [0.2, 0.25) is 0 Å². The Hall–Kier alpha value is 0.530. The van der Waals surface area contributed by atoms with Crippen LogP contribution in [0.4, 0.5) is 0 Å². The van der Waals surface area contributed by atoms with Crippen LogP contribution in [0.3, 0.4) is 0 Å². The first-order valence-electron chi connectivity index (χ1n) is 0.454. The average Bonchev–Trinajstić information content (AvgIpc) is 0.918. The van der Waals surface area contributed by atoms with Crippen LogP contribution in [0, 0.1) is 5.41 Å². The highest BCUT2D eigenvalue weighted by Crippen LogP contribution is 1.16. The Balaban J connectivity index is 0. The van der Waals surface area contributed by atoms with Crippen LogP contribution < -0.4 is 0 Å². The second-order valence-electron chi connectivity index (χ2n) is 0.102. The Bertz CT molecular complexity index is 29.0. The predicted molar refractivity (Wildman–Crippen MR) is 30.7 cm³/mol. The molecular weight excluding hydrogens is 185 g/mol. The molecule has 0 aliphatic heterocycles. The van der Waals surface area contributed by atoms with Crippen molar-refractivity contribution in [3.8, 4) is 0 Å². The fraction of sp³-hybridized carbons (Fsp3) is 0. The molecule has 0 amide bonds. The van der Waals surface area contributed by atoms with E-state index in [0.717, 1.165) is 0 Å². The van der Waals surface area contributed by atoms with Crippen molar-refractivity contribution in [1.29, 1.82) is 5.41 Å². The van der Waals surface area contributed by atoms with Crippen molar-refractivity contribution in [1.82, 2.24) is 0 Å². The molecule has 0 rings (SSSR count). The fourth-order valence-corrected chi connectivity index (χ4v) is 0. The summed E-state index contributed by atoms with van der Waals surface area (Å²) < 4.78 is 0. The predicted octanol–water partition coefficient (Wildman–Crippen LogP) is 1.29. The SMILES string of the molecule is I.N=C=S. The fourth-order valence-electron chi connectivity index (χ4n) is 0. The first-order valence-corrected chi connectivity index (χ1v) is 0.862. The summed E-state index contributed by atoms with van der Waals surface area (Å²) in [7, 11) is 0. The third-order valence-electron chi connectivity index (χ3n) is 0. The maximum atomic E-state index is 5.77. The zero-order valence-corrected chi connectivity index (χ0v) is 4.96. The van der Waals surface area contributed by atoms with Crippen molar-refractivity contribution in [2.45, 2.75) is 0 Å². The lowest BCUT2D eigenvalue weighted by atomic mass is 11.8. The molecule has 0 radical (unpaired) electrons. The zero-order valence-electron chi connectivity index (χ0n) is 1.82. The van der Waals surface area contributed by atoms with Crippen LogP contribution in [-0.2, 0) is 0 Å². The highest BCUT2D eigenvalue weighted by molar-refractivity contribution is 14.0. The summed E-state index contributed by atoms with van der Waals surface area (Å²) in [4.78, 5) is 0. The monoisotopic (exact) mass is 187 g/mol. The van der Waals surface area contributed by atoms with Crippen molar-refractivity contribution < 1.29 is 0 Å². The van der Waals surface area contributed by atoms with Crippen LogP contribution in [0.25, 0.3) is 0 Å². The van der Waals surface area contributed by atoms with Crippen LogP contribution in [0.5, 0.6) is 0 Å². The third kappa shape index (κ3) is 21.1. The molecule has 0 aliphatic rings. The third-order valence-corrected chi connectivity index (χ3v) is 0. The van der Waals surface area contributed by atoms with Gasteiger partial charge in [-0.05, 0) is 12.2 Å². The Labute approximate surface area is 46.9 Å². The molecular formula is CH2INS. The summed E-state index contributed by atoms with van der Waals surface area (Å²) in [5.41, 5.74) is 0. The highest BCUT2D eigenvalue weighted by Gasteiger charge is 0.975. The van der Waals surface area contributed by atoms with Gasteiger partial charge in [0.25, 0.3) is 0 Å². The van der Waals surface area contributed by atoms with Crippen LogP contribution >= 0.6 is 36.2 Å². The lowest BCUT2D eigenvalue weighted by Crippen LogP contribution is -1.03. The highest BCUT2D eigenvalue weighted by atomic mass is 127. The van der Waals surface area contributed by atoms with Gasteiger partial charge in [0.05, 0.1) is 5.16 Å². The minimum Gasteiger partial charge on any atom is -0.248 e. The molecule has 3 heteroatoms. The Morgan fingerprint density at radius 3 is 1.75 bits per heavy atom. The van der Waals surface area contributed by atoms with E-state index in [1.165, 1.54) is 0 Å². The average molecular weight is 187 g/mol. The van der Waals surface area contributed by atoms with E-state index >= 15 is 0 Å². The molecule has 0 aliphatic carbocycles. The summed E-state index contributed by atoms with van der Waals surface area (Å²) in [6, 6.07) is 0. The van der Waals surface area contributed by atoms with E-state index in [1.54, 1.807) is 5.16 Å². The van der Waals surface area contributed by atoms with Crippen molar-refractivity contribution in [2.24, 2.45) is 0 Å². The zero-order chi connectivity index (χ0) is 2.71. The molecule has 0 aromatic carbocycles. The molecule has 0 bridgehead atoms. The van der Waals surface area contributed by atoms with Gasteiger partial charge in [-0.2, -0.15) is 0 Å². The van der Waals surface area contributed by atoms with Crippen molar-refractivity contribution in [2.75, 3.05) is 0 Å². The smallest absolute Gasteiger partial charge is 0.0554 e. The lowest BCUT2D eigenvalue weighted by molar-refractivity contribution is 1.61. The van der Waals surface area contributed by atoms with Crippen LogP contribution in [0.2, 0.25) is 0 Å². The number of halogens is 1. The van der Waals surface area contributed by atoms with Gasteiger partial charge >= 0.3 is 0 Å². The minimum absolute atomic E-state index is 0. The largest absolute Gasteiger partial charge is 0.248 e. The summed E-state index contributed by atoms with van der Waals surface area (Å²) in [5, 5.41) is 7.36. The van der Waals surface area contributed by atoms with Gasteiger partial charge in [0.15, 0.2) is 0 Å². The van der Waals surface area contributed by atoms with E-state index in [1.807, 2.05) is 0 Å². The standard InChI is InChI=1S/CHNS.HI/c2-1-3;/h2H;1H. The molecule has 0 atom stereocenters.